The zero-order chi connectivity index (χ0) is 25.5. The summed E-state index contributed by atoms with van der Waals surface area (Å²) >= 11 is 0. The molecule has 0 saturated heterocycles. The van der Waals surface area contributed by atoms with E-state index in [1.54, 1.807) is 0 Å². The standard InChI is InChI=1S/C30H35N3O3/c1-21-11-13-23(3)27(17-21)35-16-8-7-15-33-26-10-6-5-9-25(26)32-29(33)19-31-30(34)20-36-28-18-22(2)12-14-24(28)4/h5-6,9-14,17-18H,7-8,15-16,19-20H2,1-4H3,(H,31,34). The first kappa shape index (κ1) is 25.3. The molecule has 0 saturated carbocycles. The number of aryl methyl sites for hydroxylation is 5. The topological polar surface area (TPSA) is 65.4 Å². The third kappa shape index (κ3) is 6.45. The van der Waals surface area contributed by atoms with Crippen LogP contribution in [0.5, 0.6) is 11.5 Å². The number of rotatable bonds is 11. The van der Waals surface area contributed by atoms with Crippen molar-refractivity contribution in [1.29, 1.82) is 0 Å². The number of hydrogen-bond acceptors (Lipinski definition) is 4. The van der Waals surface area contributed by atoms with E-state index in [1.807, 2.05) is 50.2 Å². The summed E-state index contributed by atoms with van der Waals surface area (Å²) in [6, 6.07) is 20.3. The van der Waals surface area contributed by atoms with Gasteiger partial charge in [-0.25, -0.2) is 4.98 Å². The number of aromatic nitrogens is 2. The molecule has 0 bridgehead atoms. The third-order valence-corrected chi connectivity index (χ3v) is 6.26. The van der Waals surface area contributed by atoms with E-state index in [-0.39, 0.29) is 12.5 Å². The first-order chi connectivity index (χ1) is 17.4. The predicted molar refractivity (Wildman–Crippen MR) is 144 cm³/mol. The van der Waals surface area contributed by atoms with E-state index in [2.05, 4.69) is 48.0 Å². The molecule has 188 valence electrons. The Morgan fingerprint density at radius 3 is 2.25 bits per heavy atom. The minimum atomic E-state index is -0.170. The molecule has 0 aliphatic rings. The summed E-state index contributed by atoms with van der Waals surface area (Å²) in [6.45, 7) is 9.92. The SMILES string of the molecule is Cc1ccc(C)c(OCCCCn2c(CNC(=O)COc3cc(C)ccc3C)nc3ccccc32)c1. The van der Waals surface area contributed by atoms with E-state index < -0.39 is 0 Å². The number of nitrogens with zero attached hydrogens (tertiary/aromatic N) is 2. The first-order valence-electron chi connectivity index (χ1n) is 12.5. The minimum Gasteiger partial charge on any atom is -0.493 e. The summed E-state index contributed by atoms with van der Waals surface area (Å²) in [5, 5.41) is 2.97. The smallest absolute Gasteiger partial charge is 0.258 e. The monoisotopic (exact) mass is 485 g/mol. The molecule has 0 fully saturated rings. The number of amides is 1. The molecule has 0 atom stereocenters. The summed E-state index contributed by atoms with van der Waals surface area (Å²) in [5.74, 6) is 2.36. The summed E-state index contributed by atoms with van der Waals surface area (Å²) in [4.78, 5) is 17.3. The van der Waals surface area contributed by atoms with Crippen LogP contribution in [-0.2, 0) is 17.9 Å². The van der Waals surface area contributed by atoms with Crippen molar-refractivity contribution in [2.24, 2.45) is 0 Å². The normalized spacial score (nSPS) is 11.0. The van der Waals surface area contributed by atoms with Gasteiger partial charge in [0.1, 0.15) is 17.3 Å². The van der Waals surface area contributed by atoms with Crippen LogP contribution in [0.3, 0.4) is 0 Å². The molecule has 3 aromatic carbocycles. The number of nitrogens with one attached hydrogen (secondary N) is 1. The number of hydrogen-bond donors (Lipinski definition) is 1. The Bertz CT molecular complexity index is 1340. The lowest BCUT2D eigenvalue weighted by Crippen LogP contribution is -2.29. The van der Waals surface area contributed by atoms with Gasteiger partial charge in [-0.05, 0) is 87.1 Å². The number of carbonyl (C=O) groups is 1. The molecule has 0 unspecified atom stereocenters. The Hall–Kier alpha value is -3.80. The van der Waals surface area contributed by atoms with Gasteiger partial charge in [0.15, 0.2) is 6.61 Å². The third-order valence-electron chi connectivity index (χ3n) is 6.26. The van der Waals surface area contributed by atoms with Crippen LogP contribution < -0.4 is 14.8 Å². The molecular formula is C30H35N3O3. The number of fused-ring (bicyclic) bond motifs is 1. The highest BCUT2D eigenvalue weighted by Crippen LogP contribution is 2.21. The van der Waals surface area contributed by atoms with Crippen LogP contribution in [0.4, 0.5) is 0 Å². The van der Waals surface area contributed by atoms with Gasteiger partial charge in [0.2, 0.25) is 0 Å². The van der Waals surface area contributed by atoms with Crippen molar-refractivity contribution in [3.63, 3.8) is 0 Å². The van der Waals surface area contributed by atoms with Crippen LogP contribution in [0.25, 0.3) is 11.0 Å². The van der Waals surface area contributed by atoms with Crippen molar-refractivity contribution in [1.82, 2.24) is 14.9 Å². The predicted octanol–water partition coefficient (Wildman–Crippen LogP) is 5.82. The van der Waals surface area contributed by atoms with Crippen molar-refractivity contribution in [2.45, 2.75) is 53.6 Å². The number of imidazole rings is 1. The molecule has 6 nitrogen and oxygen atoms in total. The molecule has 1 heterocycles. The van der Waals surface area contributed by atoms with Gasteiger partial charge in [-0.1, -0.05) is 36.4 Å². The lowest BCUT2D eigenvalue weighted by Gasteiger charge is -2.13. The van der Waals surface area contributed by atoms with Crippen molar-refractivity contribution in [3.05, 3.63) is 88.7 Å². The van der Waals surface area contributed by atoms with E-state index in [1.165, 1.54) is 5.56 Å². The quantitative estimate of drug-likeness (QED) is 0.272. The number of para-hydroxylation sites is 2. The second kappa shape index (κ2) is 11.8. The zero-order valence-corrected chi connectivity index (χ0v) is 21.6. The Morgan fingerprint density at radius 2 is 1.53 bits per heavy atom. The molecule has 6 heteroatoms. The second-order valence-electron chi connectivity index (χ2n) is 9.33. The average Bonchev–Trinajstić information content (AvgIpc) is 3.22. The maximum atomic E-state index is 12.5. The maximum Gasteiger partial charge on any atom is 0.258 e. The van der Waals surface area contributed by atoms with Crippen molar-refractivity contribution >= 4 is 16.9 Å². The van der Waals surface area contributed by atoms with Crippen LogP contribution in [0.15, 0.2) is 60.7 Å². The van der Waals surface area contributed by atoms with Crippen molar-refractivity contribution in [3.8, 4) is 11.5 Å². The second-order valence-corrected chi connectivity index (χ2v) is 9.33. The van der Waals surface area contributed by atoms with E-state index in [0.717, 1.165) is 64.4 Å². The van der Waals surface area contributed by atoms with Gasteiger partial charge in [0, 0.05) is 6.54 Å². The number of ether oxygens (including phenoxy) is 2. The lowest BCUT2D eigenvalue weighted by molar-refractivity contribution is -0.123. The zero-order valence-electron chi connectivity index (χ0n) is 21.6. The average molecular weight is 486 g/mol. The van der Waals surface area contributed by atoms with Gasteiger partial charge in [0.25, 0.3) is 5.91 Å². The molecule has 0 aliphatic heterocycles. The first-order valence-corrected chi connectivity index (χ1v) is 12.5. The maximum absolute atomic E-state index is 12.5. The van der Waals surface area contributed by atoms with Crippen LogP contribution in [0.1, 0.15) is 40.9 Å². The summed E-state index contributed by atoms with van der Waals surface area (Å²) in [7, 11) is 0. The Balaban J connectivity index is 1.32. The molecule has 0 spiro atoms. The van der Waals surface area contributed by atoms with E-state index in [4.69, 9.17) is 14.5 Å². The highest BCUT2D eigenvalue weighted by Gasteiger charge is 2.12. The number of unbranched alkanes of at least 4 members (excludes halogenated alkanes) is 1. The van der Waals surface area contributed by atoms with Gasteiger partial charge in [-0.3, -0.25) is 4.79 Å². The van der Waals surface area contributed by atoms with Gasteiger partial charge in [-0.15, -0.1) is 0 Å². The molecule has 1 N–H and O–H groups in total. The van der Waals surface area contributed by atoms with Crippen LogP contribution >= 0.6 is 0 Å². The molecule has 1 aromatic heterocycles. The van der Waals surface area contributed by atoms with Crippen LogP contribution in [-0.4, -0.2) is 28.7 Å². The van der Waals surface area contributed by atoms with Crippen molar-refractivity contribution in [2.75, 3.05) is 13.2 Å². The highest BCUT2D eigenvalue weighted by molar-refractivity contribution is 5.78. The molecule has 36 heavy (non-hydrogen) atoms. The fourth-order valence-electron chi connectivity index (χ4n) is 4.16. The van der Waals surface area contributed by atoms with Crippen LogP contribution in [0, 0.1) is 27.7 Å². The minimum absolute atomic E-state index is 0.0275. The van der Waals surface area contributed by atoms with E-state index >= 15 is 0 Å². The number of carbonyl (C=O) groups excluding carboxylic acids is 1. The van der Waals surface area contributed by atoms with Crippen LogP contribution in [0.2, 0.25) is 0 Å². The molecule has 4 rings (SSSR count). The molecule has 0 aliphatic carbocycles. The number of benzene rings is 3. The Kier molecular flexibility index (Phi) is 8.26. The molecule has 4 aromatic rings. The van der Waals surface area contributed by atoms with E-state index in [0.29, 0.717) is 13.2 Å². The fraction of sp³-hybridized carbons (Fsp3) is 0.333. The Labute approximate surface area is 213 Å². The largest absolute Gasteiger partial charge is 0.493 e. The van der Waals surface area contributed by atoms with Gasteiger partial charge in [0.05, 0.1) is 24.2 Å². The van der Waals surface area contributed by atoms with Gasteiger partial charge in [-0.2, -0.15) is 0 Å². The van der Waals surface area contributed by atoms with E-state index in [9.17, 15) is 4.79 Å². The molecule has 0 radical (unpaired) electrons. The fourth-order valence-corrected chi connectivity index (χ4v) is 4.16. The molecular weight excluding hydrogens is 450 g/mol. The Morgan fingerprint density at radius 1 is 0.861 bits per heavy atom. The summed E-state index contributed by atoms with van der Waals surface area (Å²) in [5.41, 5.74) is 6.47. The van der Waals surface area contributed by atoms with Gasteiger partial charge < -0.3 is 19.4 Å². The lowest BCUT2D eigenvalue weighted by atomic mass is 10.1. The summed E-state index contributed by atoms with van der Waals surface area (Å²) < 4.78 is 14.0. The summed E-state index contributed by atoms with van der Waals surface area (Å²) in [6.07, 6.45) is 1.87. The molecule has 1 amide bonds. The van der Waals surface area contributed by atoms with Gasteiger partial charge >= 0.3 is 0 Å². The van der Waals surface area contributed by atoms with Crippen molar-refractivity contribution < 1.29 is 14.3 Å². The highest BCUT2D eigenvalue weighted by atomic mass is 16.5.